The number of carbonyl (C=O) groups excluding carboxylic acids is 1. The zero-order valence-corrected chi connectivity index (χ0v) is 15.9. The Morgan fingerprint density at radius 2 is 1.75 bits per heavy atom. The first kappa shape index (κ1) is 20.5. The van der Waals surface area contributed by atoms with Crippen LogP contribution in [0.25, 0.3) is 10.8 Å². The maximum Gasteiger partial charge on any atom is 0.258 e. The lowest BCUT2D eigenvalue weighted by atomic mass is 9.90. The molecule has 1 aromatic carbocycles. The Balaban J connectivity index is 1.84. The number of anilines is 1. The normalized spacial score (nSPS) is 16.9. The van der Waals surface area contributed by atoms with Crippen LogP contribution in [-0.2, 0) is 4.79 Å². The summed E-state index contributed by atoms with van der Waals surface area (Å²) < 4.78 is 1.29. The molecule has 1 saturated carbocycles. The number of nitrogens with one attached hydrogen (secondary N) is 1. The van der Waals surface area contributed by atoms with Gasteiger partial charge in [0.1, 0.15) is 0 Å². The molecule has 1 heterocycles. The molecule has 28 heavy (non-hydrogen) atoms. The molecule has 0 spiro atoms. The van der Waals surface area contributed by atoms with Crippen molar-refractivity contribution < 1.29 is 20.1 Å². The fourth-order valence-corrected chi connectivity index (χ4v) is 3.98. The lowest BCUT2D eigenvalue weighted by Crippen LogP contribution is -2.33. The van der Waals surface area contributed by atoms with E-state index < -0.39 is 11.6 Å². The van der Waals surface area contributed by atoms with Crippen molar-refractivity contribution in [3.05, 3.63) is 40.8 Å². The molecular weight excluding hydrogens is 360 g/mol. The average molecular weight is 388 g/mol. The van der Waals surface area contributed by atoms with Gasteiger partial charge < -0.3 is 25.2 Å². The lowest BCUT2D eigenvalue weighted by Gasteiger charge is -2.26. The first-order valence-corrected chi connectivity index (χ1v) is 9.85. The molecule has 2 aromatic rings. The predicted molar refractivity (Wildman–Crippen MR) is 107 cm³/mol. The standard InChI is InChI=1S/C21H28N2O5/c24-13-15(14-25)23-11-8-16-17(20(23)27)6-5-7-18(16)22-19(26)12-21(28)9-3-1-2-4-10-21/h5-8,11,15,24-25,28H,1-4,9-10,12-14H2,(H,22,26). The van der Waals surface area contributed by atoms with Gasteiger partial charge in [0, 0.05) is 22.7 Å². The van der Waals surface area contributed by atoms with Crippen molar-refractivity contribution in [1.82, 2.24) is 4.57 Å². The van der Waals surface area contributed by atoms with E-state index in [1.165, 1.54) is 10.8 Å². The van der Waals surface area contributed by atoms with E-state index in [-0.39, 0.29) is 31.1 Å². The van der Waals surface area contributed by atoms with Crippen molar-refractivity contribution in [1.29, 1.82) is 0 Å². The summed E-state index contributed by atoms with van der Waals surface area (Å²) in [6.45, 7) is -0.701. The zero-order valence-electron chi connectivity index (χ0n) is 15.9. The second kappa shape index (κ2) is 8.86. The van der Waals surface area contributed by atoms with Crippen LogP contribution in [0.15, 0.2) is 35.3 Å². The Kier molecular flexibility index (Phi) is 6.49. The third kappa shape index (κ3) is 4.43. The second-order valence-electron chi connectivity index (χ2n) is 7.68. The molecule has 0 saturated heterocycles. The predicted octanol–water partition coefficient (Wildman–Crippen LogP) is 1.94. The molecule has 0 unspecified atom stereocenters. The van der Waals surface area contributed by atoms with Gasteiger partial charge in [0.05, 0.1) is 31.3 Å². The Morgan fingerprint density at radius 1 is 1.07 bits per heavy atom. The van der Waals surface area contributed by atoms with E-state index in [1.807, 2.05) is 0 Å². The number of fused-ring (bicyclic) bond motifs is 1. The average Bonchev–Trinajstić information content (AvgIpc) is 2.89. The summed E-state index contributed by atoms with van der Waals surface area (Å²) >= 11 is 0. The van der Waals surface area contributed by atoms with Gasteiger partial charge in [-0.3, -0.25) is 9.59 Å². The van der Waals surface area contributed by atoms with Crippen molar-refractivity contribution in [2.24, 2.45) is 0 Å². The van der Waals surface area contributed by atoms with Gasteiger partial charge in [-0.15, -0.1) is 0 Å². The summed E-state index contributed by atoms with van der Waals surface area (Å²) in [5, 5.41) is 33.3. The minimum Gasteiger partial charge on any atom is -0.394 e. The maximum atomic E-state index is 12.7. The quantitative estimate of drug-likeness (QED) is 0.565. The molecule has 1 aliphatic rings. The highest BCUT2D eigenvalue weighted by Gasteiger charge is 2.30. The highest BCUT2D eigenvalue weighted by atomic mass is 16.3. The SMILES string of the molecule is O=C(CC1(O)CCCCCC1)Nc1cccc2c(=O)n(C(CO)CO)ccc12. The minimum absolute atomic E-state index is 0.0392. The molecular formula is C21H28N2O5. The Labute approximate surface area is 163 Å². The molecule has 7 heteroatoms. The second-order valence-corrected chi connectivity index (χ2v) is 7.68. The van der Waals surface area contributed by atoms with Crippen LogP contribution in [-0.4, -0.2) is 44.6 Å². The topological polar surface area (TPSA) is 112 Å². The summed E-state index contributed by atoms with van der Waals surface area (Å²) in [6, 6.07) is 6.02. The molecule has 7 nitrogen and oxygen atoms in total. The zero-order chi connectivity index (χ0) is 20.1. The van der Waals surface area contributed by atoms with Gasteiger partial charge in [0.15, 0.2) is 0 Å². The molecule has 1 aliphatic carbocycles. The fourth-order valence-electron chi connectivity index (χ4n) is 3.98. The summed E-state index contributed by atoms with van der Waals surface area (Å²) in [6.07, 6.45) is 6.83. The van der Waals surface area contributed by atoms with Gasteiger partial charge >= 0.3 is 0 Å². The number of pyridine rings is 1. The monoisotopic (exact) mass is 388 g/mol. The molecule has 0 radical (unpaired) electrons. The van der Waals surface area contributed by atoms with E-state index in [0.717, 1.165) is 25.7 Å². The van der Waals surface area contributed by atoms with Crippen LogP contribution in [0.4, 0.5) is 5.69 Å². The highest BCUT2D eigenvalue weighted by molar-refractivity contribution is 6.02. The maximum absolute atomic E-state index is 12.7. The van der Waals surface area contributed by atoms with Crippen LogP contribution in [0.3, 0.4) is 0 Å². The number of hydrogen-bond acceptors (Lipinski definition) is 5. The number of rotatable bonds is 6. The summed E-state index contributed by atoms with van der Waals surface area (Å²) in [5.74, 6) is -0.273. The van der Waals surface area contributed by atoms with Gasteiger partial charge in [-0.1, -0.05) is 31.7 Å². The highest BCUT2D eigenvalue weighted by Crippen LogP contribution is 2.30. The van der Waals surface area contributed by atoms with Crippen molar-refractivity contribution in [2.75, 3.05) is 18.5 Å². The molecule has 0 aliphatic heterocycles. The molecule has 1 amide bonds. The molecule has 3 rings (SSSR count). The molecule has 1 fully saturated rings. The Bertz CT molecular complexity index is 880. The number of benzene rings is 1. The van der Waals surface area contributed by atoms with Gasteiger partial charge in [0.25, 0.3) is 5.56 Å². The Morgan fingerprint density at radius 3 is 2.39 bits per heavy atom. The third-order valence-electron chi connectivity index (χ3n) is 5.59. The number of nitrogens with zero attached hydrogens (tertiary/aromatic N) is 1. The number of hydrogen-bond donors (Lipinski definition) is 4. The molecule has 1 aromatic heterocycles. The van der Waals surface area contributed by atoms with E-state index in [2.05, 4.69) is 5.32 Å². The first-order valence-electron chi connectivity index (χ1n) is 9.85. The smallest absolute Gasteiger partial charge is 0.258 e. The van der Waals surface area contributed by atoms with Crippen molar-refractivity contribution >= 4 is 22.4 Å². The summed E-state index contributed by atoms with van der Waals surface area (Å²) in [5.41, 5.74) is -0.800. The van der Waals surface area contributed by atoms with Crippen LogP contribution < -0.4 is 10.9 Å². The number of aromatic nitrogens is 1. The van der Waals surface area contributed by atoms with Crippen LogP contribution in [0.1, 0.15) is 51.0 Å². The van der Waals surface area contributed by atoms with Crippen molar-refractivity contribution in [2.45, 2.75) is 56.6 Å². The molecule has 152 valence electrons. The number of aliphatic hydroxyl groups excluding tert-OH is 2. The van der Waals surface area contributed by atoms with E-state index in [9.17, 15) is 24.9 Å². The van der Waals surface area contributed by atoms with Gasteiger partial charge in [0.2, 0.25) is 5.91 Å². The van der Waals surface area contributed by atoms with E-state index in [1.54, 1.807) is 24.3 Å². The molecule has 0 bridgehead atoms. The molecule has 4 N–H and O–H groups in total. The van der Waals surface area contributed by atoms with Gasteiger partial charge in [-0.2, -0.15) is 0 Å². The van der Waals surface area contributed by atoms with Crippen LogP contribution in [0, 0.1) is 0 Å². The number of aliphatic hydroxyl groups is 3. The number of carbonyl (C=O) groups is 1. The van der Waals surface area contributed by atoms with Crippen molar-refractivity contribution in [3.8, 4) is 0 Å². The minimum atomic E-state index is -0.965. The van der Waals surface area contributed by atoms with E-state index in [4.69, 9.17) is 0 Å². The van der Waals surface area contributed by atoms with Crippen LogP contribution >= 0.6 is 0 Å². The van der Waals surface area contributed by atoms with Gasteiger partial charge in [-0.25, -0.2) is 0 Å². The third-order valence-corrected chi connectivity index (χ3v) is 5.59. The summed E-state index contributed by atoms with van der Waals surface area (Å²) in [4.78, 5) is 25.3. The molecule has 0 atom stereocenters. The number of amides is 1. The van der Waals surface area contributed by atoms with Gasteiger partial charge in [-0.05, 0) is 31.0 Å². The lowest BCUT2D eigenvalue weighted by molar-refractivity contribution is -0.121. The largest absolute Gasteiger partial charge is 0.394 e. The van der Waals surface area contributed by atoms with E-state index in [0.29, 0.717) is 29.3 Å². The van der Waals surface area contributed by atoms with Crippen LogP contribution in [0.2, 0.25) is 0 Å². The summed E-state index contributed by atoms with van der Waals surface area (Å²) in [7, 11) is 0. The van der Waals surface area contributed by atoms with E-state index >= 15 is 0 Å². The first-order chi connectivity index (χ1) is 13.5. The van der Waals surface area contributed by atoms with Crippen LogP contribution in [0.5, 0.6) is 0 Å². The fraction of sp³-hybridized carbons (Fsp3) is 0.524. The van der Waals surface area contributed by atoms with Crippen molar-refractivity contribution in [3.63, 3.8) is 0 Å². The Hall–Kier alpha value is -2.22.